The predicted octanol–water partition coefficient (Wildman–Crippen LogP) is 2.08. The monoisotopic (exact) mass is 218 g/mol. The molecular weight excluding hydrogens is 204 g/mol. The van der Waals surface area contributed by atoms with Gasteiger partial charge in [-0.15, -0.1) is 0 Å². The quantitative estimate of drug-likeness (QED) is 0.610. The molecule has 0 saturated carbocycles. The Bertz CT molecular complexity index is 472. The van der Waals surface area contributed by atoms with Crippen LogP contribution in [-0.2, 0) is 17.6 Å². The molecule has 0 spiro atoms. The van der Waals surface area contributed by atoms with Gasteiger partial charge in [0.05, 0.1) is 0 Å². The van der Waals surface area contributed by atoms with E-state index < -0.39 is 11.8 Å². The molecule has 0 fully saturated rings. The van der Waals surface area contributed by atoms with Crippen molar-refractivity contribution in [2.75, 3.05) is 0 Å². The summed E-state index contributed by atoms with van der Waals surface area (Å²) in [6.07, 6.45) is 1.90. The smallest absolute Gasteiger partial charge is 0.377 e. The van der Waals surface area contributed by atoms with Gasteiger partial charge < -0.3 is 5.11 Å². The Kier molecular flexibility index (Phi) is 2.34. The van der Waals surface area contributed by atoms with Crippen LogP contribution < -0.4 is 0 Å². The molecule has 3 heteroatoms. The Balaban J connectivity index is 2.36. The standard InChI is InChI=1S/C13H14O3/c1-13(2)6-9-4-3-8(5-10(9)7-13)11(14)12(15)16/h3-5H,6-7H2,1-2H3,(H,15,16). The first kappa shape index (κ1) is 10.9. The molecular formula is C13H14O3. The third-order valence-electron chi connectivity index (χ3n) is 3.00. The number of rotatable bonds is 2. The zero-order valence-corrected chi connectivity index (χ0v) is 9.41. The number of carbonyl (C=O) groups is 2. The number of fused-ring (bicyclic) bond motifs is 1. The van der Waals surface area contributed by atoms with Gasteiger partial charge in [0.15, 0.2) is 0 Å². The highest BCUT2D eigenvalue weighted by atomic mass is 16.4. The fourth-order valence-corrected chi connectivity index (χ4v) is 2.32. The second-order valence-electron chi connectivity index (χ2n) is 5.14. The van der Waals surface area contributed by atoms with Crippen molar-refractivity contribution in [2.45, 2.75) is 26.7 Å². The Morgan fingerprint density at radius 1 is 1.19 bits per heavy atom. The van der Waals surface area contributed by atoms with Crippen molar-refractivity contribution in [1.29, 1.82) is 0 Å². The molecule has 1 aromatic rings. The summed E-state index contributed by atoms with van der Waals surface area (Å²) >= 11 is 0. The Morgan fingerprint density at radius 3 is 2.44 bits per heavy atom. The normalized spacial score (nSPS) is 16.9. The van der Waals surface area contributed by atoms with Crippen LogP contribution in [0.3, 0.4) is 0 Å². The number of aliphatic carboxylic acids is 1. The van der Waals surface area contributed by atoms with Gasteiger partial charge in [0, 0.05) is 5.56 Å². The molecule has 84 valence electrons. The van der Waals surface area contributed by atoms with E-state index in [1.165, 1.54) is 5.56 Å². The summed E-state index contributed by atoms with van der Waals surface area (Å²) in [7, 11) is 0. The number of carboxylic acids is 1. The number of carboxylic acid groups (broad SMARTS) is 1. The van der Waals surface area contributed by atoms with Crippen molar-refractivity contribution < 1.29 is 14.7 Å². The third kappa shape index (κ3) is 1.85. The van der Waals surface area contributed by atoms with Gasteiger partial charge in [0.25, 0.3) is 5.78 Å². The molecule has 0 radical (unpaired) electrons. The van der Waals surface area contributed by atoms with E-state index in [2.05, 4.69) is 13.8 Å². The van der Waals surface area contributed by atoms with Gasteiger partial charge in [-0.25, -0.2) is 4.79 Å². The first-order valence-electron chi connectivity index (χ1n) is 5.28. The third-order valence-corrected chi connectivity index (χ3v) is 3.00. The van der Waals surface area contributed by atoms with Crippen LogP contribution in [0.4, 0.5) is 0 Å². The topological polar surface area (TPSA) is 54.4 Å². The van der Waals surface area contributed by atoms with E-state index in [0.717, 1.165) is 18.4 Å². The first-order chi connectivity index (χ1) is 7.39. The number of ketones is 1. The van der Waals surface area contributed by atoms with Crippen LogP contribution in [0.5, 0.6) is 0 Å². The lowest BCUT2D eigenvalue weighted by Crippen LogP contribution is -2.13. The summed E-state index contributed by atoms with van der Waals surface area (Å²) in [5.74, 6) is -2.22. The highest BCUT2D eigenvalue weighted by Gasteiger charge is 2.29. The maximum Gasteiger partial charge on any atom is 0.377 e. The second-order valence-corrected chi connectivity index (χ2v) is 5.14. The van der Waals surface area contributed by atoms with Crippen LogP contribution >= 0.6 is 0 Å². The van der Waals surface area contributed by atoms with Gasteiger partial charge in [-0.3, -0.25) is 4.79 Å². The van der Waals surface area contributed by atoms with Gasteiger partial charge in [-0.2, -0.15) is 0 Å². The number of benzene rings is 1. The summed E-state index contributed by atoms with van der Waals surface area (Å²) in [5.41, 5.74) is 2.83. The van der Waals surface area contributed by atoms with E-state index >= 15 is 0 Å². The van der Waals surface area contributed by atoms with Crippen LogP contribution in [0.25, 0.3) is 0 Å². The molecule has 0 aliphatic heterocycles. The molecule has 0 heterocycles. The molecule has 1 aliphatic carbocycles. The summed E-state index contributed by atoms with van der Waals surface area (Å²) in [6, 6.07) is 5.21. The summed E-state index contributed by atoms with van der Waals surface area (Å²) in [6.45, 7) is 4.34. The summed E-state index contributed by atoms with van der Waals surface area (Å²) in [5, 5.41) is 8.64. The second kappa shape index (κ2) is 3.44. The van der Waals surface area contributed by atoms with Gasteiger partial charge in [-0.05, 0) is 35.4 Å². The van der Waals surface area contributed by atoms with Gasteiger partial charge >= 0.3 is 5.97 Å². The average Bonchev–Trinajstić information content (AvgIpc) is 2.48. The largest absolute Gasteiger partial charge is 0.475 e. The molecule has 3 nitrogen and oxygen atoms in total. The van der Waals surface area contributed by atoms with E-state index in [-0.39, 0.29) is 11.0 Å². The summed E-state index contributed by atoms with van der Waals surface area (Å²) < 4.78 is 0. The molecule has 2 rings (SSSR count). The predicted molar refractivity (Wildman–Crippen MR) is 59.6 cm³/mol. The van der Waals surface area contributed by atoms with Gasteiger partial charge in [0.1, 0.15) is 0 Å². The molecule has 1 aromatic carbocycles. The minimum Gasteiger partial charge on any atom is -0.475 e. The minimum absolute atomic E-state index is 0.216. The Morgan fingerprint density at radius 2 is 1.81 bits per heavy atom. The highest BCUT2D eigenvalue weighted by molar-refractivity contribution is 6.39. The fourth-order valence-electron chi connectivity index (χ4n) is 2.32. The Hall–Kier alpha value is -1.64. The van der Waals surface area contributed by atoms with Crippen molar-refractivity contribution in [2.24, 2.45) is 5.41 Å². The summed E-state index contributed by atoms with van der Waals surface area (Å²) in [4.78, 5) is 21.9. The molecule has 0 bridgehead atoms. The SMILES string of the molecule is CC1(C)Cc2ccc(C(=O)C(=O)O)cc2C1. The lowest BCUT2D eigenvalue weighted by atomic mass is 9.90. The fraction of sp³-hybridized carbons (Fsp3) is 0.385. The first-order valence-corrected chi connectivity index (χ1v) is 5.28. The van der Waals surface area contributed by atoms with Crippen LogP contribution in [0.15, 0.2) is 18.2 Å². The van der Waals surface area contributed by atoms with Crippen molar-refractivity contribution in [3.63, 3.8) is 0 Å². The molecule has 1 aliphatic rings. The number of carbonyl (C=O) groups excluding carboxylic acids is 1. The van der Waals surface area contributed by atoms with Crippen LogP contribution in [0.1, 0.15) is 35.3 Å². The zero-order valence-electron chi connectivity index (χ0n) is 9.41. The lowest BCUT2D eigenvalue weighted by Gasteiger charge is -2.14. The van der Waals surface area contributed by atoms with Crippen LogP contribution in [0, 0.1) is 5.41 Å². The maximum atomic E-state index is 11.3. The minimum atomic E-state index is -1.39. The molecule has 16 heavy (non-hydrogen) atoms. The average molecular weight is 218 g/mol. The number of hydrogen-bond donors (Lipinski definition) is 1. The number of hydrogen-bond acceptors (Lipinski definition) is 2. The zero-order chi connectivity index (χ0) is 11.9. The molecule has 1 N–H and O–H groups in total. The van der Waals surface area contributed by atoms with E-state index in [9.17, 15) is 9.59 Å². The van der Waals surface area contributed by atoms with E-state index in [4.69, 9.17) is 5.11 Å². The van der Waals surface area contributed by atoms with E-state index in [1.54, 1.807) is 12.1 Å². The number of Topliss-reactive ketones (excluding diaryl/α,β-unsaturated/α-hetero) is 1. The molecule has 0 atom stereocenters. The maximum absolute atomic E-state index is 11.3. The van der Waals surface area contributed by atoms with Crippen molar-refractivity contribution in [3.05, 3.63) is 34.9 Å². The highest BCUT2D eigenvalue weighted by Crippen LogP contribution is 2.36. The lowest BCUT2D eigenvalue weighted by molar-refractivity contribution is -0.131. The van der Waals surface area contributed by atoms with Crippen molar-refractivity contribution in [1.82, 2.24) is 0 Å². The Labute approximate surface area is 94.1 Å². The molecule has 0 aromatic heterocycles. The van der Waals surface area contributed by atoms with Crippen LogP contribution in [-0.4, -0.2) is 16.9 Å². The van der Waals surface area contributed by atoms with E-state index in [0.29, 0.717) is 0 Å². The van der Waals surface area contributed by atoms with E-state index in [1.807, 2.05) is 6.07 Å². The van der Waals surface area contributed by atoms with Gasteiger partial charge in [-0.1, -0.05) is 26.0 Å². The van der Waals surface area contributed by atoms with Crippen molar-refractivity contribution >= 4 is 11.8 Å². The van der Waals surface area contributed by atoms with Crippen molar-refractivity contribution in [3.8, 4) is 0 Å². The molecule has 0 amide bonds. The molecule has 0 saturated heterocycles. The van der Waals surface area contributed by atoms with Gasteiger partial charge in [0.2, 0.25) is 0 Å². The van der Waals surface area contributed by atoms with Crippen LogP contribution in [0.2, 0.25) is 0 Å². The molecule has 0 unspecified atom stereocenters.